The zero-order valence-corrected chi connectivity index (χ0v) is 17.2. The van der Waals surface area contributed by atoms with Crippen molar-refractivity contribution < 1.29 is 18.0 Å². The van der Waals surface area contributed by atoms with E-state index in [9.17, 15) is 18.0 Å². The van der Waals surface area contributed by atoms with Crippen LogP contribution in [0.15, 0.2) is 71.9 Å². The maximum absolute atomic E-state index is 13.3. The lowest BCUT2D eigenvalue weighted by Gasteiger charge is -2.18. The lowest BCUT2D eigenvalue weighted by atomic mass is 10.1. The highest BCUT2D eigenvalue weighted by molar-refractivity contribution is 8.00. The highest BCUT2D eigenvalue weighted by Gasteiger charge is 2.34. The van der Waals surface area contributed by atoms with E-state index in [4.69, 9.17) is 0 Å². The monoisotopic (exact) mass is 431 g/mol. The number of thioether (sulfide) groups is 1. The second-order valence-electron chi connectivity index (χ2n) is 6.69. The number of aromatic nitrogens is 2. The van der Waals surface area contributed by atoms with Crippen LogP contribution in [0.5, 0.6) is 0 Å². The fourth-order valence-electron chi connectivity index (χ4n) is 2.75. The van der Waals surface area contributed by atoms with Crippen molar-refractivity contribution in [3.05, 3.63) is 78.0 Å². The summed E-state index contributed by atoms with van der Waals surface area (Å²) in [6.45, 7) is 3.46. The van der Waals surface area contributed by atoms with Gasteiger partial charge in [-0.1, -0.05) is 72.4 Å². The predicted molar refractivity (Wildman–Crippen MR) is 111 cm³/mol. The minimum atomic E-state index is -4.62. The largest absolute Gasteiger partial charge is 0.433 e. The Morgan fingerprint density at radius 1 is 0.967 bits per heavy atom. The standard InChI is InChI=1S/C22H20F3N3OS/c1-14(16-9-5-3-6-10-16)26-20(29)15(2)30-21-27-18(17-11-7-4-8-12-17)13-19(28-21)22(23,24)25/h3-15H,1-2H3,(H,26,29)/t14-,15+/m1/s1. The molecular formula is C22H20F3N3OS. The van der Waals surface area contributed by atoms with Crippen molar-refractivity contribution in [3.8, 4) is 11.3 Å². The number of hydrogen-bond acceptors (Lipinski definition) is 4. The molecule has 0 aliphatic heterocycles. The molecule has 1 N–H and O–H groups in total. The maximum atomic E-state index is 13.3. The molecule has 1 amide bonds. The minimum absolute atomic E-state index is 0.0984. The molecule has 3 aromatic rings. The van der Waals surface area contributed by atoms with Crippen molar-refractivity contribution in [2.24, 2.45) is 0 Å². The van der Waals surface area contributed by atoms with Gasteiger partial charge in [-0.3, -0.25) is 4.79 Å². The van der Waals surface area contributed by atoms with Crippen LogP contribution in [0.2, 0.25) is 0 Å². The molecule has 30 heavy (non-hydrogen) atoms. The van der Waals surface area contributed by atoms with Gasteiger partial charge in [-0.25, -0.2) is 9.97 Å². The van der Waals surface area contributed by atoms with Crippen LogP contribution in [0.3, 0.4) is 0 Å². The smallest absolute Gasteiger partial charge is 0.349 e. The van der Waals surface area contributed by atoms with Crippen molar-refractivity contribution in [2.45, 2.75) is 36.5 Å². The van der Waals surface area contributed by atoms with Crippen LogP contribution >= 0.6 is 11.8 Å². The van der Waals surface area contributed by atoms with Gasteiger partial charge in [0.25, 0.3) is 0 Å². The van der Waals surface area contributed by atoms with Crippen molar-refractivity contribution >= 4 is 17.7 Å². The molecule has 8 heteroatoms. The minimum Gasteiger partial charge on any atom is -0.349 e. The first kappa shape index (κ1) is 21.8. The molecule has 0 fully saturated rings. The topological polar surface area (TPSA) is 54.9 Å². The number of hydrogen-bond donors (Lipinski definition) is 1. The molecule has 0 spiro atoms. The molecule has 0 aliphatic carbocycles. The van der Waals surface area contributed by atoms with Gasteiger partial charge in [0, 0.05) is 5.56 Å². The average Bonchev–Trinajstić information content (AvgIpc) is 2.74. The molecule has 0 aliphatic rings. The maximum Gasteiger partial charge on any atom is 0.433 e. The van der Waals surface area contributed by atoms with E-state index < -0.39 is 17.1 Å². The lowest BCUT2D eigenvalue weighted by molar-refractivity contribution is -0.141. The quantitative estimate of drug-likeness (QED) is 0.412. The summed E-state index contributed by atoms with van der Waals surface area (Å²) in [5, 5.41) is 2.09. The van der Waals surface area contributed by atoms with Crippen LogP contribution in [0.1, 0.15) is 31.1 Å². The van der Waals surface area contributed by atoms with Gasteiger partial charge in [0.2, 0.25) is 5.91 Å². The van der Waals surface area contributed by atoms with Crippen LogP contribution in [-0.4, -0.2) is 21.1 Å². The number of carbonyl (C=O) groups excluding carboxylic acids is 1. The van der Waals surface area contributed by atoms with E-state index in [1.54, 1.807) is 37.3 Å². The third kappa shape index (κ3) is 5.60. The Bertz CT molecular complexity index is 998. The molecule has 4 nitrogen and oxygen atoms in total. The van der Waals surface area contributed by atoms with Crippen LogP contribution in [0.4, 0.5) is 13.2 Å². The Kier molecular flexibility index (Phi) is 6.77. The summed E-state index contributed by atoms with van der Waals surface area (Å²) in [4.78, 5) is 20.4. The number of nitrogens with zero attached hydrogens (tertiary/aromatic N) is 2. The third-order valence-corrected chi connectivity index (χ3v) is 5.34. The van der Waals surface area contributed by atoms with Gasteiger partial charge >= 0.3 is 6.18 Å². The zero-order chi connectivity index (χ0) is 21.7. The summed E-state index contributed by atoms with van der Waals surface area (Å²) in [7, 11) is 0. The first-order valence-electron chi connectivity index (χ1n) is 9.27. The molecule has 2 atom stereocenters. The van der Waals surface area contributed by atoms with E-state index in [0.29, 0.717) is 5.56 Å². The normalized spacial score (nSPS) is 13.5. The van der Waals surface area contributed by atoms with Crippen molar-refractivity contribution in [1.29, 1.82) is 0 Å². The van der Waals surface area contributed by atoms with Gasteiger partial charge in [-0.05, 0) is 25.5 Å². The number of halogens is 3. The Labute approximate surface area is 177 Å². The Balaban J connectivity index is 1.80. The summed E-state index contributed by atoms with van der Waals surface area (Å²) in [5.41, 5.74) is 0.599. The van der Waals surface area contributed by atoms with Crippen LogP contribution in [0, 0.1) is 0 Å². The molecule has 156 valence electrons. The van der Waals surface area contributed by atoms with Crippen molar-refractivity contribution in [2.75, 3.05) is 0 Å². The predicted octanol–water partition coefficient (Wildman–Crippen LogP) is 5.52. The molecule has 0 unspecified atom stereocenters. The lowest BCUT2D eigenvalue weighted by Crippen LogP contribution is -2.33. The third-order valence-electron chi connectivity index (χ3n) is 4.38. The molecule has 0 radical (unpaired) electrons. The molecule has 2 aromatic carbocycles. The fourth-order valence-corrected chi connectivity index (χ4v) is 3.54. The highest BCUT2D eigenvalue weighted by Crippen LogP contribution is 2.33. The van der Waals surface area contributed by atoms with Gasteiger partial charge in [-0.15, -0.1) is 0 Å². The van der Waals surface area contributed by atoms with E-state index in [1.807, 2.05) is 37.3 Å². The van der Waals surface area contributed by atoms with E-state index in [-0.39, 0.29) is 22.8 Å². The summed E-state index contributed by atoms with van der Waals surface area (Å²) in [6.07, 6.45) is -4.62. The van der Waals surface area contributed by atoms with Gasteiger partial charge < -0.3 is 5.32 Å². The molecule has 1 aromatic heterocycles. The van der Waals surface area contributed by atoms with E-state index in [2.05, 4.69) is 15.3 Å². The SMILES string of the molecule is C[C@H](Sc1nc(-c2ccccc2)cc(C(F)(F)F)n1)C(=O)N[C@H](C)c1ccccc1. The van der Waals surface area contributed by atoms with Crippen molar-refractivity contribution in [3.63, 3.8) is 0 Å². The van der Waals surface area contributed by atoms with Crippen molar-refractivity contribution in [1.82, 2.24) is 15.3 Å². The summed E-state index contributed by atoms with van der Waals surface area (Å²) >= 11 is 0.894. The first-order valence-corrected chi connectivity index (χ1v) is 10.2. The first-order chi connectivity index (χ1) is 14.2. The fraction of sp³-hybridized carbons (Fsp3) is 0.227. The second kappa shape index (κ2) is 9.30. The number of benzene rings is 2. The number of rotatable bonds is 6. The van der Waals surface area contributed by atoms with E-state index in [1.165, 1.54) is 0 Å². The van der Waals surface area contributed by atoms with Crippen LogP contribution in [-0.2, 0) is 11.0 Å². The van der Waals surface area contributed by atoms with E-state index in [0.717, 1.165) is 23.4 Å². The van der Waals surface area contributed by atoms with Gasteiger partial charge in [0.15, 0.2) is 5.16 Å². The highest BCUT2D eigenvalue weighted by atomic mass is 32.2. The molecular weight excluding hydrogens is 411 g/mol. The number of amides is 1. The summed E-state index contributed by atoms with van der Waals surface area (Å²) in [5.74, 6) is -0.307. The Morgan fingerprint density at radius 2 is 1.57 bits per heavy atom. The summed E-state index contributed by atoms with van der Waals surface area (Å²) in [6, 6.07) is 18.7. The van der Waals surface area contributed by atoms with Crippen LogP contribution < -0.4 is 5.32 Å². The zero-order valence-electron chi connectivity index (χ0n) is 16.4. The van der Waals surface area contributed by atoms with E-state index >= 15 is 0 Å². The van der Waals surface area contributed by atoms with Gasteiger partial charge in [0.1, 0.15) is 5.69 Å². The number of alkyl halides is 3. The number of nitrogens with one attached hydrogen (secondary N) is 1. The Hall–Kier alpha value is -2.87. The second-order valence-corrected chi connectivity index (χ2v) is 7.99. The van der Waals surface area contributed by atoms with Gasteiger partial charge in [0.05, 0.1) is 17.0 Å². The van der Waals surface area contributed by atoms with Gasteiger partial charge in [-0.2, -0.15) is 13.2 Å². The molecule has 0 saturated carbocycles. The molecule has 0 bridgehead atoms. The average molecular weight is 431 g/mol. The Morgan fingerprint density at radius 3 is 2.17 bits per heavy atom. The van der Waals surface area contributed by atoms with Crippen LogP contribution in [0.25, 0.3) is 11.3 Å². The summed E-state index contributed by atoms with van der Waals surface area (Å²) < 4.78 is 40.0. The molecule has 0 saturated heterocycles. The number of carbonyl (C=O) groups is 1. The molecule has 3 rings (SSSR count). The molecule has 1 heterocycles.